The van der Waals surface area contributed by atoms with Crippen molar-refractivity contribution in [3.8, 4) is 0 Å². The summed E-state index contributed by atoms with van der Waals surface area (Å²) >= 11 is 1.94. The summed E-state index contributed by atoms with van der Waals surface area (Å²) < 4.78 is 18.3. The number of anilines is 1. The minimum absolute atomic E-state index is 0.0224. The van der Waals surface area contributed by atoms with Gasteiger partial charge in [-0.15, -0.1) is 0 Å². The van der Waals surface area contributed by atoms with Crippen molar-refractivity contribution < 1.29 is 13.9 Å². The van der Waals surface area contributed by atoms with Gasteiger partial charge in [0.05, 0.1) is 13.2 Å². The number of carbonyl (C=O) groups is 1. The number of urea groups is 1. The molecule has 23 heavy (non-hydrogen) atoms. The zero-order chi connectivity index (χ0) is 16.1. The third-order valence-corrected chi connectivity index (χ3v) is 5.68. The summed E-state index contributed by atoms with van der Waals surface area (Å²) in [6.45, 7) is 3.97. The number of rotatable bonds is 4. The van der Waals surface area contributed by atoms with Crippen LogP contribution in [0, 0.1) is 5.82 Å². The summed E-state index contributed by atoms with van der Waals surface area (Å²) in [4.78, 5) is 14.6. The van der Waals surface area contributed by atoms with Crippen LogP contribution in [0.3, 0.4) is 0 Å². The number of benzene rings is 1. The molecule has 2 aliphatic heterocycles. The molecule has 2 amide bonds. The molecule has 126 valence electrons. The molecule has 2 N–H and O–H groups in total. The summed E-state index contributed by atoms with van der Waals surface area (Å²) in [7, 11) is 0. The molecule has 7 heteroatoms. The Kier molecular flexibility index (Phi) is 5.40. The maximum atomic E-state index is 12.9. The van der Waals surface area contributed by atoms with E-state index >= 15 is 0 Å². The normalized spacial score (nSPS) is 25.3. The molecular formula is C16H22FN3O2S. The van der Waals surface area contributed by atoms with E-state index in [1.807, 2.05) is 11.8 Å². The molecule has 0 saturated carbocycles. The van der Waals surface area contributed by atoms with E-state index in [1.54, 1.807) is 12.1 Å². The summed E-state index contributed by atoms with van der Waals surface area (Å²) in [5.41, 5.74) is 0.610. The molecule has 0 aromatic heterocycles. The van der Waals surface area contributed by atoms with Gasteiger partial charge in [0.15, 0.2) is 0 Å². The van der Waals surface area contributed by atoms with Gasteiger partial charge >= 0.3 is 6.03 Å². The maximum Gasteiger partial charge on any atom is 0.319 e. The van der Waals surface area contributed by atoms with Gasteiger partial charge in [0.1, 0.15) is 5.82 Å². The zero-order valence-electron chi connectivity index (χ0n) is 13.0. The van der Waals surface area contributed by atoms with Gasteiger partial charge in [-0.2, -0.15) is 11.8 Å². The quantitative estimate of drug-likeness (QED) is 0.883. The van der Waals surface area contributed by atoms with E-state index in [4.69, 9.17) is 4.74 Å². The highest BCUT2D eigenvalue weighted by atomic mass is 32.2. The van der Waals surface area contributed by atoms with E-state index in [9.17, 15) is 9.18 Å². The van der Waals surface area contributed by atoms with Crippen LogP contribution in [-0.2, 0) is 4.74 Å². The highest BCUT2D eigenvalue weighted by Gasteiger charge is 2.40. The first-order valence-electron chi connectivity index (χ1n) is 7.89. The fraction of sp³-hybridized carbons (Fsp3) is 0.562. The second kappa shape index (κ2) is 7.51. The molecule has 2 heterocycles. The Morgan fingerprint density at radius 1 is 1.30 bits per heavy atom. The van der Waals surface area contributed by atoms with Crippen LogP contribution >= 0.6 is 11.8 Å². The maximum absolute atomic E-state index is 12.9. The number of thioether (sulfide) groups is 1. The van der Waals surface area contributed by atoms with E-state index in [-0.39, 0.29) is 17.4 Å². The lowest BCUT2D eigenvalue weighted by molar-refractivity contribution is -0.0123. The zero-order valence-corrected chi connectivity index (χ0v) is 13.8. The van der Waals surface area contributed by atoms with Gasteiger partial charge in [0.2, 0.25) is 0 Å². The Hall–Kier alpha value is -1.31. The van der Waals surface area contributed by atoms with Crippen LogP contribution < -0.4 is 10.6 Å². The molecule has 2 aliphatic rings. The summed E-state index contributed by atoms with van der Waals surface area (Å²) in [5, 5.41) is 5.73. The third kappa shape index (κ3) is 4.16. The lowest BCUT2D eigenvalue weighted by Gasteiger charge is -2.43. The van der Waals surface area contributed by atoms with Crippen LogP contribution in [0.15, 0.2) is 24.3 Å². The Morgan fingerprint density at radius 3 is 2.70 bits per heavy atom. The summed E-state index contributed by atoms with van der Waals surface area (Å²) in [6.07, 6.45) is 1.08. The molecule has 0 bridgehead atoms. The molecule has 1 aromatic carbocycles. The highest BCUT2D eigenvalue weighted by Crippen LogP contribution is 2.33. The van der Waals surface area contributed by atoms with Crippen LogP contribution in [0.1, 0.15) is 6.42 Å². The van der Waals surface area contributed by atoms with Gasteiger partial charge in [0.25, 0.3) is 0 Å². The average Bonchev–Trinajstić information content (AvgIpc) is 3.06. The van der Waals surface area contributed by atoms with Crippen molar-refractivity contribution in [1.29, 1.82) is 0 Å². The molecule has 1 unspecified atom stereocenters. The Balaban J connectivity index is 1.56. The topological polar surface area (TPSA) is 53.6 Å². The predicted octanol–water partition coefficient (Wildman–Crippen LogP) is 2.16. The van der Waals surface area contributed by atoms with Crippen molar-refractivity contribution in [3.63, 3.8) is 0 Å². The third-order valence-electron chi connectivity index (χ3n) is 4.44. The smallest absolute Gasteiger partial charge is 0.319 e. The number of nitrogens with one attached hydrogen (secondary N) is 2. The number of nitrogens with zero attached hydrogens (tertiary/aromatic N) is 1. The minimum Gasteiger partial charge on any atom is -0.379 e. The van der Waals surface area contributed by atoms with Crippen molar-refractivity contribution in [2.75, 3.05) is 49.7 Å². The van der Waals surface area contributed by atoms with Crippen LogP contribution in [0.25, 0.3) is 0 Å². The molecule has 0 aliphatic carbocycles. The van der Waals surface area contributed by atoms with E-state index in [2.05, 4.69) is 15.5 Å². The Morgan fingerprint density at radius 2 is 2.04 bits per heavy atom. The number of morpholine rings is 1. The molecule has 2 fully saturated rings. The minimum atomic E-state index is -0.315. The lowest BCUT2D eigenvalue weighted by Crippen LogP contribution is -2.59. The second-order valence-corrected chi connectivity index (χ2v) is 7.05. The summed E-state index contributed by atoms with van der Waals surface area (Å²) in [5.74, 6) is 1.84. The van der Waals surface area contributed by atoms with E-state index in [0.29, 0.717) is 12.2 Å². The molecule has 0 spiro atoms. The van der Waals surface area contributed by atoms with Crippen molar-refractivity contribution >= 4 is 23.5 Å². The largest absolute Gasteiger partial charge is 0.379 e. The number of ether oxygens (including phenoxy) is 1. The van der Waals surface area contributed by atoms with E-state index < -0.39 is 0 Å². The van der Waals surface area contributed by atoms with Crippen LogP contribution in [-0.4, -0.2) is 60.8 Å². The van der Waals surface area contributed by atoms with Crippen molar-refractivity contribution in [2.45, 2.75) is 12.0 Å². The molecule has 1 atom stereocenters. The SMILES string of the molecule is O=C(NCC1(N2CCOCC2)CCSC1)Nc1ccc(F)cc1. The Bertz CT molecular complexity index is 529. The fourth-order valence-electron chi connectivity index (χ4n) is 3.09. The van der Waals surface area contributed by atoms with Crippen LogP contribution in [0.2, 0.25) is 0 Å². The summed E-state index contributed by atoms with van der Waals surface area (Å²) in [6, 6.07) is 5.52. The first-order valence-corrected chi connectivity index (χ1v) is 9.04. The molecular weight excluding hydrogens is 317 g/mol. The number of amides is 2. The number of halogens is 1. The Labute approximate surface area is 139 Å². The molecule has 3 rings (SSSR count). The van der Waals surface area contributed by atoms with E-state index in [0.717, 1.165) is 44.2 Å². The molecule has 0 radical (unpaired) electrons. The van der Waals surface area contributed by atoms with Gasteiger partial charge in [-0.3, -0.25) is 4.90 Å². The van der Waals surface area contributed by atoms with Gasteiger partial charge in [-0.1, -0.05) is 0 Å². The van der Waals surface area contributed by atoms with Gasteiger partial charge in [-0.25, -0.2) is 9.18 Å². The number of hydrogen-bond acceptors (Lipinski definition) is 4. The first kappa shape index (κ1) is 16.5. The van der Waals surface area contributed by atoms with Crippen LogP contribution in [0.4, 0.5) is 14.9 Å². The number of hydrogen-bond donors (Lipinski definition) is 2. The van der Waals surface area contributed by atoms with Gasteiger partial charge < -0.3 is 15.4 Å². The fourth-order valence-corrected chi connectivity index (χ4v) is 4.57. The van der Waals surface area contributed by atoms with E-state index in [1.165, 1.54) is 12.1 Å². The second-order valence-electron chi connectivity index (χ2n) is 5.94. The standard InChI is InChI=1S/C16H22FN3O2S/c17-13-1-3-14(4-2-13)19-15(21)18-11-16(5-10-23-12-16)20-6-8-22-9-7-20/h1-4H,5-12H2,(H2,18,19,21). The van der Waals surface area contributed by atoms with Gasteiger partial charge in [-0.05, 0) is 36.4 Å². The number of carbonyl (C=O) groups excluding carboxylic acids is 1. The van der Waals surface area contributed by atoms with Crippen LogP contribution in [0.5, 0.6) is 0 Å². The van der Waals surface area contributed by atoms with Crippen molar-refractivity contribution in [1.82, 2.24) is 10.2 Å². The molecule has 2 saturated heterocycles. The average molecular weight is 339 g/mol. The lowest BCUT2D eigenvalue weighted by atomic mass is 9.95. The molecule has 1 aromatic rings. The highest BCUT2D eigenvalue weighted by molar-refractivity contribution is 7.99. The van der Waals surface area contributed by atoms with Gasteiger partial charge in [0, 0.05) is 36.6 Å². The van der Waals surface area contributed by atoms with Crippen molar-refractivity contribution in [3.05, 3.63) is 30.1 Å². The molecule has 5 nitrogen and oxygen atoms in total. The van der Waals surface area contributed by atoms with Crippen molar-refractivity contribution in [2.24, 2.45) is 0 Å². The predicted molar refractivity (Wildman–Crippen MR) is 90.5 cm³/mol. The monoisotopic (exact) mass is 339 g/mol. The first-order chi connectivity index (χ1) is 11.2.